The number of furan rings is 2. The molecule has 320 valence electrons. The van der Waals surface area contributed by atoms with E-state index in [-0.39, 0.29) is 0 Å². The van der Waals surface area contributed by atoms with E-state index in [9.17, 15) is 0 Å². The van der Waals surface area contributed by atoms with Crippen LogP contribution in [0.15, 0.2) is 251 Å². The summed E-state index contributed by atoms with van der Waals surface area (Å²) in [7, 11) is 0. The fraction of sp³-hybridized carbons (Fsp3) is 0.0149. The van der Waals surface area contributed by atoms with Gasteiger partial charge in [-0.25, -0.2) is 0 Å². The smallest absolute Gasteiger partial charge is 0.136 e. The molecule has 15 rings (SSSR count). The Balaban J connectivity index is 0.880. The first-order chi connectivity index (χ1) is 34.2. The van der Waals surface area contributed by atoms with Crippen LogP contribution in [-0.2, 0) is 5.41 Å². The predicted octanol–water partition coefficient (Wildman–Crippen LogP) is 18.3. The van der Waals surface area contributed by atoms with Crippen molar-refractivity contribution in [3.05, 3.63) is 265 Å². The van der Waals surface area contributed by atoms with E-state index in [0.29, 0.717) is 0 Å². The monoisotopic (exact) mass is 876 g/mol. The Morgan fingerprint density at radius 1 is 0.232 bits per heavy atom. The molecule has 2 heterocycles. The fourth-order valence-corrected chi connectivity index (χ4v) is 12.2. The lowest BCUT2D eigenvalue weighted by molar-refractivity contribution is 0.664. The van der Waals surface area contributed by atoms with E-state index in [2.05, 4.69) is 231 Å². The van der Waals surface area contributed by atoms with Crippen LogP contribution < -0.4 is 0 Å². The molecule has 0 amide bonds. The van der Waals surface area contributed by atoms with Crippen LogP contribution in [0.3, 0.4) is 0 Å². The third-order valence-corrected chi connectivity index (χ3v) is 15.1. The van der Waals surface area contributed by atoms with E-state index in [4.69, 9.17) is 8.83 Å². The number of rotatable bonds is 5. The van der Waals surface area contributed by atoms with E-state index < -0.39 is 5.41 Å². The van der Waals surface area contributed by atoms with Crippen molar-refractivity contribution in [1.29, 1.82) is 0 Å². The molecule has 1 aliphatic rings. The van der Waals surface area contributed by atoms with Crippen LogP contribution >= 0.6 is 0 Å². The zero-order valence-electron chi connectivity index (χ0n) is 37.4. The average Bonchev–Trinajstić information content (AvgIpc) is 4.08. The third-order valence-electron chi connectivity index (χ3n) is 15.1. The summed E-state index contributed by atoms with van der Waals surface area (Å²) in [6.07, 6.45) is 0. The summed E-state index contributed by atoms with van der Waals surface area (Å²) in [6.45, 7) is 0. The maximum Gasteiger partial charge on any atom is 0.136 e. The zero-order valence-corrected chi connectivity index (χ0v) is 37.4. The number of hydrogen-bond donors (Lipinski definition) is 0. The van der Waals surface area contributed by atoms with Crippen LogP contribution in [0.5, 0.6) is 0 Å². The molecule has 0 bridgehead atoms. The first-order valence-corrected chi connectivity index (χ1v) is 23.8. The second kappa shape index (κ2) is 14.5. The van der Waals surface area contributed by atoms with Gasteiger partial charge in [0.25, 0.3) is 0 Å². The quantitative estimate of drug-likeness (QED) is 0.161. The van der Waals surface area contributed by atoms with Crippen molar-refractivity contribution in [3.8, 4) is 44.5 Å². The molecular weight excluding hydrogens is 837 g/mol. The van der Waals surface area contributed by atoms with Gasteiger partial charge in [-0.3, -0.25) is 0 Å². The molecule has 12 aromatic carbocycles. The van der Waals surface area contributed by atoms with Crippen LogP contribution in [-0.4, -0.2) is 0 Å². The molecule has 0 fully saturated rings. The minimum atomic E-state index is -0.454. The van der Waals surface area contributed by atoms with Gasteiger partial charge in [0.15, 0.2) is 0 Å². The Hall–Kier alpha value is -8.98. The summed E-state index contributed by atoms with van der Waals surface area (Å²) in [6, 6.07) is 89.1. The van der Waals surface area contributed by atoms with E-state index >= 15 is 0 Å². The van der Waals surface area contributed by atoms with Crippen LogP contribution in [0, 0.1) is 0 Å². The maximum atomic E-state index is 6.47. The molecular formula is C67H40O2. The molecule has 2 aromatic heterocycles. The summed E-state index contributed by atoms with van der Waals surface area (Å²) in [5.74, 6) is 0. The van der Waals surface area contributed by atoms with Crippen LogP contribution in [0.2, 0.25) is 0 Å². The summed E-state index contributed by atoms with van der Waals surface area (Å²) in [4.78, 5) is 0. The van der Waals surface area contributed by atoms with Crippen LogP contribution in [0.4, 0.5) is 0 Å². The molecule has 69 heavy (non-hydrogen) atoms. The van der Waals surface area contributed by atoms with Gasteiger partial charge in [-0.2, -0.15) is 0 Å². The van der Waals surface area contributed by atoms with Crippen LogP contribution in [0.1, 0.15) is 22.3 Å². The molecule has 0 radical (unpaired) electrons. The van der Waals surface area contributed by atoms with Crippen molar-refractivity contribution in [3.63, 3.8) is 0 Å². The van der Waals surface area contributed by atoms with Gasteiger partial charge in [-0.05, 0) is 142 Å². The van der Waals surface area contributed by atoms with Gasteiger partial charge < -0.3 is 8.83 Å². The normalized spacial score (nSPS) is 13.0. The van der Waals surface area contributed by atoms with Crippen LogP contribution in [0.25, 0.3) is 121 Å². The Kier molecular flexibility index (Phi) is 8.02. The zero-order chi connectivity index (χ0) is 45.2. The molecule has 1 aliphatic carbocycles. The third kappa shape index (κ3) is 5.43. The molecule has 0 atom stereocenters. The molecule has 0 aliphatic heterocycles. The first kappa shape index (κ1) is 38.2. The van der Waals surface area contributed by atoms with Gasteiger partial charge in [-0.15, -0.1) is 0 Å². The molecule has 0 saturated carbocycles. The Bertz CT molecular complexity index is 4360. The number of para-hydroxylation sites is 1. The largest absolute Gasteiger partial charge is 0.456 e. The Labute approximate surface area is 397 Å². The van der Waals surface area contributed by atoms with E-state index in [1.165, 1.54) is 93.5 Å². The van der Waals surface area contributed by atoms with Gasteiger partial charge in [0, 0.05) is 21.5 Å². The SMILES string of the molecule is c1ccc(C2(c3ccccc3)c3ccccc3-c3c(-c4ccc5c6ccc(-c7ccccc7-c7ccc8oc9cc%10c(cc9c8c7)oc7ccccc7%10)cc6c6ccccc6c5c4)cccc32)cc1. The fourth-order valence-electron chi connectivity index (χ4n) is 12.2. The summed E-state index contributed by atoms with van der Waals surface area (Å²) in [5, 5.41) is 11.8. The lowest BCUT2D eigenvalue weighted by atomic mass is 9.67. The summed E-state index contributed by atoms with van der Waals surface area (Å²) in [5.41, 5.74) is 17.9. The average molecular weight is 877 g/mol. The first-order valence-electron chi connectivity index (χ1n) is 23.8. The standard InChI is InChI=1S/C67H40O2/c1-3-16-44(17-4-1)67(45-18-5-2-6-19-45)60-27-13-11-25-54(60)66-48(26-15-28-61(66)67)43-31-34-52-51-33-30-41(36-55(51)49-22-9-10-23-50(49)56(52)37-43)46-20-7-8-21-47(46)42-32-35-63-57(38-42)59-40-64-58(39-65(59)69-63)53-24-12-14-29-62(53)68-64/h1-40H. The minimum Gasteiger partial charge on any atom is -0.456 e. The lowest BCUT2D eigenvalue weighted by Crippen LogP contribution is -2.28. The molecule has 14 aromatic rings. The highest BCUT2D eigenvalue weighted by Crippen LogP contribution is 2.58. The highest BCUT2D eigenvalue weighted by molar-refractivity contribution is 6.26. The van der Waals surface area contributed by atoms with Crippen molar-refractivity contribution in [1.82, 2.24) is 0 Å². The maximum absolute atomic E-state index is 6.47. The highest BCUT2D eigenvalue weighted by atomic mass is 16.3. The molecule has 0 saturated heterocycles. The van der Waals surface area contributed by atoms with Crippen molar-refractivity contribution in [2.24, 2.45) is 0 Å². The molecule has 2 nitrogen and oxygen atoms in total. The number of hydrogen-bond acceptors (Lipinski definition) is 2. The molecule has 0 unspecified atom stereocenters. The van der Waals surface area contributed by atoms with Gasteiger partial charge in [0.2, 0.25) is 0 Å². The van der Waals surface area contributed by atoms with Crippen molar-refractivity contribution < 1.29 is 8.83 Å². The molecule has 2 heteroatoms. The van der Waals surface area contributed by atoms with Crippen molar-refractivity contribution in [2.45, 2.75) is 5.41 Å². The lowest BCUT2D eigenvalue weighted by Gasteiger charge is -2.34. The molecule has 0 N–H and O–H groups in total. The number of benzene rings is 12. The Morgan fingerprint density at radius 3 is 1.29 bits per heavy atom. The van der Waals surface area contributed by atoms with Gasteiger partial charge in [0.1, 0.15) is 22.3 Å². The topological polar surface area (TPSA) is 26.3 Å². The Morgan fingerprint density at radius 2 is 0.652 bits per heavy atom. The second-order valence-electron chi connectivity index (χ2n) is 18.6. The molecule has 0 spiro atoms. The van der Waals surface area contributed by atoms with Gasteiger partial charge in [0.05, 0.1) is 5.41 Å². The van der Waals surface area contributed by atoms with Crippen molar-refractivity contribution in [2.75, 3.05) is 0 Å². The van der Waals surface area contributed by atoms with E-state index in [1.54, 1.807) is 0 Å². The van der Waals surface area contributed by atoms with E-state index in [0.717, 1.165) is 49.4 Å². The van der Waals surface area contributed by atoms with Gasteiger partial charge in [-0.1, -0.05) is 200 Å². The summed E-state index contributed by atoms with van der Waals surface area (Å²) >= 11 is 0. The minimum absolute atomic E-state index is 0.454. The second-order valence-corrected chi connectivity index (χ2v) is 18.6. The van der Waals surface area contributed by atoms with Gasteiger partial charge >= 0.3 is 0 Å². The number of fused-ring (bicyclic) bond motifs is 15. The predicted molar refractivity (Wildman–Crippen MR) is 287 cm³/mol. The van der Waals surface area contributed by atoms with Crippen molar-refractivity contribution >= 4 is 76.2 Å². The van der Waals surface area contributed by atoms with E-state index in [1.807, 2.05) is 12.1 Å². The highest BCUT2D eigenvalue weighted by Gasteiger charge is 2.46. The summed E-state index contributed by atoms with van der Waals surface area (Å²) < 4.78 is 12.8.